The topological polar surface area (TPSA) is 72.8 Å². The Hall–Kier alpha value is -2.79. The van der Waals surface area contributed by atoms with Crippen LogP contribution in [0.4, 0.5) is 0 Å². The summed E-state index contributed by atoms with van der Waals surface area (Å²) in [6, 6.07) is 10.4. The van der Waals surface area contributed by atoms with Gasteiger partial charge in [0, 0.05) is 5.56 Å². The van der Waals surface area contributed by atoms with E-state index < -0.39 is 12.6 Å². The number of carbonyl (C=O) groups is 2. The molecule has 0 saturated heterocycles. The zero-order valence-electron chi connectivity index (χ0n) is 13.8. The third-order valence-electron chi connectivity index (χ3n) is 3.35. The summed E-state index contributed by atoms with van der Waals surface area (Å²) in [6.07, 6.45) is 3.05. The van der Waals surface area contributed by atoms with Gasteiger partial charge in [-0.25, -0.2) is 4.79 Å². The summed E-state index contributed by atoms with van der Waals surface area (Å²) >= 11 is 6.13. The highest BCUT2D eigenvalue weighted by atomic mass is 35.5. The van der Waals surface area contributed by atoms with Crippen molar-refractivity contribution in [3.63, 3.8) is 0 Å². The van der Waals surface area contributed by atoms with E-state index in [0.717, 1.165) is 5.56 Å². The number of carboxylic acid groups (broad SMARTS) is 1. The number of allylic oxidation sites excluding steroid dienone is 1. The third-order valence-corrected chi connectivity index (χ3v) is 3.64. The van der Waals surface area contributed by atoms with E-state index in [1.807, 2.05) is 19.1 Å². The van der Waals surface area contributed by atoms with Crippen LogP contribution >= 0.6 is 11.6 Å². The number of hydrogen-bond donors (Lipinski definition) is 1. The van der Waals surface area contributed by atoms with Crippen molar-refractivity contribution in [3.05, 3.63) is 64.2 Å². The molecule has 2 aromatic carbocycles. The molecule has 0 amide bonds. The number of halogens is 1. The monoisotopic (exact) mass is 360 g/mol. The molecular formula is C19H17ClO5. The van der Waals surface area contributed by atoms with Crippen LogP contribution < -0.4 is 9.47 Å². The van der Waals surface area contributed by atoms with Crippen LogP contribution in [0.15, 0.2) is 42.5 Å². The zero-order valence-corrected chi connectivity index (χ0v) is 14.5. The van der Waals surface area contributed by atoms with E-state index in [4.69, 9.17) is 26.2 Å². The van der Waals surface area contributed by atoms with Crippen molar-refractivity contribution in [2.24, 2.45) is 0 Å². The van der Waals surface area contributed by atoms with Gasteiger partial charge in [-0.1, -0.05) is 47.5 Å². The average molecular weight is 361 g/mol. The Morgan fingerprint density at radius 1 is 1.20 bits per heavy atom. The molecule has 0 spiro atoms. The molecule has 0 heterocycles. The highest BCUT2D eigenvalue weighted by molar-refractivity contribution is 6.32. The van der Waals surface area contributed by atoms with E-state index in [2.05, 4.69) is 0 Å². The van der Waals surface area contributed by atoms with Gasteiger partial charge in [-0.2, -0.15) is 0 Å². The standard InChI is InChI=1S/C19H17ClO5/c1-12-3-6-14(7-4-12)16(21)8-5-13-9-15(20)19(17(10-13)24-2)25-11-18(22)23/h3-10H,11H2,1-2H3,(H,22,23)/b8-5+. The number of carbonyl (C=O) groups excluding carboxylic acids is 1. The average Bonchev–Trinajstić information content (AvgIpc) is 2.58. The number of carboxylic acids is 1. The number of rotatable bonds is 7. The van der Waals surface area contributed by atoms with Crippen molar-refractivity contribution >= 4 is 29.4 Å². The van der Waals surface area contributed by atoms with E-state index in [1.54, 1.807) is 30.3 Å². The smallest absolute Gasteiger partial charge is 0.341 e. The van der Waals surface area contributed by atoms with Crippen LogP contribution in [0.2, 0.25) is 5.02 Å². The van der Waals surface area contributed by atoms with Crippen molar-refractivity contribution in [2.45, 2.75) is 6.92 Å². The highest BCUT2D eigenvalue weighted by Gasteiger charge is 2.13. The summed E-state index contributed by atoms with van der Waals surface area (Å²) in [5, 5.41) is 8.89. The molecule has 0 saturated carbocycles. The molecule has 0 fully saturated rings. The lowest BCUT2D eigenvalue weighted by Crippen LogP contribution is -2.10. The first-order valence-corrected chi connectivity index (χ1v) is 7.79. The molecule has 1 N–H and O–H groups in total. The van der Waals surface area contributed by atoms with Crippen molar-refractivity contribution in [2.75, 3.05) is 13.7 Å². The first-order chi connectivity index (χ1) is 11.9. The van der Waals surface area contributed by atoms with Gasteiger partial charge in [0.2, 0.25) is 0 Å². The molecule has 0 radical (unpaired) electrons. The van der Waals surface area contributed by atoms with E-state index in [-0.39, 0.29) is 22.3 Å². The lowest BCUT2D eigenvalue weighted by molar-refractivity contribution is -0.139. The second kappa shape index (κ2) is 8.35. The zero-order chi connectivity index (χ0) is 18.4. The van der Waals surface area contributed by atoms with Crippen molar-refractivity contribution in [3.8, 4) is 11.5 Å². The molecular weight excluding hydrogens is 344 g/mol. The summed E-state index contributed by atoms with van der Waals surface area (Å²) in [5.41, 5.74) is 2.29. The van der Waals surface area contributed by atoms with E-state index in [9.17, 15) is 9.59 Å². The molecule has 130 valence electrons. The molecule has 0 aromatic heterocycles. The van der Waals surface area contributed by atoms with Gasteiger partial charge in [-0.3, -0.25) is 4.79 Å². The van der Waals surface area contributed by atoms with Crippen molar-refractivity contribution in [1.82, 2.24) is 0 Å². The Labute approximate surface area is 150 Å². The van der Waals surface area contributed by atoms with Gasteiger partial charge in [0.15, 0.2) is 23.9 Å². The molecule has 5 nitrogen and oxygen atoms in total. The quantitative estimate of drug-likeness (QED) is 0.596. The number of aliphatic carboxylic acids is 1. The molecule has 0 bridgehead atoms. The van der Waals surface area contributed by atoms with E-state index in [0.29, 0.717) is 11.1 Å². The minimum Gasteiger partial charge on any atom is -0.493 e. The third kappa shape index (κ3) is 5.09. The predicted octanol–water partition coefficient (Wildman–Crippen LogP) is 4.02. The molecule has 0 aliphatic rings. The number of benzene rings is 2. The largest absolute Gasteiger partial charge is 0.493 e. The predicted molar refractivity (Wildman–Crippen MR) is 95.7 cm³/mol. The first kappa shape index (κ1) is 18.5. The number of ether oxygens (including phenoxy) is 2. The van der Waals surface area contributed by atoms with Gasteiger partial charge < -0.3 is 14.6 Å². The molecule has 2 aromatic rings. The van der Waals surface area contributed by atoms with E-state index >= 15 is 0 Å². The van der Waals surface area contributed by atoms with Crippen LogP contribution in [0.1, 0.15) is 21.5 Å². The van der Waals surface area contributed by atoms with Crippen LogP contribution in [-0.4, -0.2) is 30.6 Å². The Morgan fingerprint density at radius 2 is 1.88 bits per heavy atom. The minimum absolute atomic E-state index is 0.138. The summed E-state index contributed by atoms with van der Waals surface area (Å²) in [4.78, 5) is 22.8. The fourth-order valence-corrected chi connectivity index (χ4v) is 2.37. The number of methoxy groups -OCH3 is 1. The van der Waals surface area contributed by atoms with E-state index in [1.165, 1.54) is 13.2 Å². The molecule has 2 rings (SSSR count). The summed E-state index contributed by atoms with van der Waals surface area (Å²) < 4.78 is 10.3. The summed E-state index contributed by atoms with van der Waals surface area (Å²) in [6.45, 7) is 1.42. The maximum atomic E-state index is 12.2. The molecule has 6 heteroatoms. The summed E-state index contributed by atoms with van der Waals surface area (Å²) in [5.74, 6) is -0.822. The van der Waals surface area contributed by atoms with Gasteiger partial charge in [-0.05, 0) is 30.7 Å². The SMILES string of the molecule is COc1cc(/C=C/C(=O)c2ccc(C)cc2)cc(Cl)c1OCC(=O)O. The highest BCUT2D eigenvalue weighted by Crippen LogP contribution is 2.36. The first-order valence-electron chi connectivity index (χ1n) is 7.42. The van der Waals surface area contributed by atoms with Gasteiger partial charge in [-0.15, -0.1) is 0 Å². The fraction of sp³-hybridized carbons (Fsp3) is 0.158. The minimum atomic E-state index is -1.12. The van der Waals surface area contributed by atoms with Crippen LogP contribution in [0, 0.1) is 6.92 Å². The van der Waals surface area contributed by atoms with Gasteiger partial charge in [0.1, 0.15) is 0 Å². The Bertz CT molecular complexity index is 809. The Balaban J connectivity index is 2.21. The van der Waals surface area contributed by atoms with Crippen LogP contribution in [0.25, 0.3) is 6.08 Å². The van der Waals surface area contributed by atoms with Crippen molar-refractivity contribution < 1.29 is 24.2 Å². The van der Waals surface area contributed by atoms with Gasteiger partial charge in [0.05, 0.1) is 12.1 Å². The second-order valence-electron chi connectivity index (χ2n) is 5.28. The van der Waals surface area contributed by atoms with Gasteiger partial charge >= 0.3 is 5.97 Å². The lowest BCUT2D eigenvalue weighted by atomic mass is 10.1. The second-order valence-corrected chi connectivity index (χ2v) is 5.69. The Morgan fingerprint density at radius 3 is 2.48 bits per heavy atom. The molecule has 0 atom stereocenters. The van der Waals surface area contributed by atoms with Gasteiger partial charge in [0.25, 0.3) is 0 Å². The molecule has 0 unspecified atom stereocenters. The van der Waals surface area contributed by atoms with Crippen molar-refractivity contribution in [1.29, 1.82) is 0 Å². The van der Waals surface area contributed by atoms with Crippen LogP contribution in [-0.2, 0) is 4.79 Å². The summed E-state index contributed by atoms with van der Waals surface area (Å²) in [7, 11) is 1.42. The normalized spacial score (nSPS) is 10.7. The number of hydrogen-bond acceptors (Lipinski definition) is 4. The molecule has 25 heavy (non-hydrogen) atoms. The Kier molecular flexibility index (Phi) is 6.19. The number of ketones is 1. The molecule has 0 aliphatic heterocycles. The lowest BCUT2D eigenvalue weighted by Gasteiger charge is -2.11. The number of aryl methyl sites for hydroxylation is 1. The van der Waals surface area contributed by atoms with Crippen LogP contribution in [0.3, 0.4) is 0 Å². The maximum Gasteiger partial charge on any atom is 0.341 e. The van der Waals surface area contributed by atoms with Crippen LogP contribution in [0.5, 0.6) is 11.5 Å². The fourth-order valence-electron chi connectivity index (χ4n) is 2.10. The maximum absolute atomic E-state index is 12.2. The molecule has 0 aliphatic carbocycles.